The number of nitrogens with one attached hydrogen (secondary N) is 1. The van der Waals surface area contributed by atoms with E-state index in [4.69, 9.17) is 4.74 Å². The summed E-state index contributed by atoms with van der Waals surface area (Å²) in [6, 6.07) is 7.81. The Bertz CT molecular complexity index is 774. The maximum absolute atomic E-state index is 12.6. The van der Waals surface area contributed by atoms with Gasteiger partial charge in [0.05, 0.1) is 24.4 Å². The van der Waals surface area contributed by atoms with Crippen LogP contribution in [-0.4, -0.2) is 45.9 Å². The molecule has 1 amide bonds. The van der Waals surface area contributed by atoms with Gasteiger partial charge in [-0.15, -0.1) is 0 Å². The van der Waals surface area contributed by atoms with E-state index in [1.807, 2.05) is 56.0 Å². The number of aromatic nitrogens is 2. The zero-order valence-electron chi connectivity index (χ0n) is 16.9. The SMILES string of the molecule is Cc1c([C@H](C)NC(=O)c2ccc(CN3C[C@@H](C)O[C@@H](C)C3)cc2)cnn1C. The zero-order chi connectivity index (χ0) is 19.6. The summed E-state index contributed by atoms with van der Waals surface area (Å²) in [6.45, 7) is 11.0. The third kappa shape index (κ3) is 4.76. The summed E-state index contributed by atoms with van der Waals surface area (Å²) in [5.41, 5.74) is 3.99. The predicted octanol–water partition coefficient (Wildman–Crippen LogP) is 2.83. The van der Waals surface area contributed by atoms with Crippen molar-refractivity contribution in [3.8, 4) is 0 Å². The summed E-state index contributed by atoms with van der Waals surface area (Å²) >= 11 is 0. The van der Waals surface area contributed by atoms with E-state index in [0.29, 0.717) is 5.56 Å². The van der Waals surface area contributed by atoms with Gasteiger partial charge in [0.1, 0.15) is 0 Å². The normalized spacial score (nSPS) is 21.8. The lowest BCUT2D eigenvalue weighted by molar-refractivity contribution is -0.0704. The average molecular weight is 370 g/mol. The molecule has 0 aliphatic carbocycles. The van der Waals surface area contributed by atoms with Crippen molar-refractivity contribution >= 4 is 5.91 Å². The van der Waals surface area contributed by atoms with Crippen LogP contribution in [0.2, 0.25) is 0 Å². The van der Waals surface area contributed by atoms with Gasteiger partial charge >= 0.3 is 0 Å². The second-order valence-corrected chi connectivity index (χ2v) is 7.65. The fourth-order valence-electron chi connectivity index (χ4n) is 3.73. The second-order valence-electron chi connectivity index (χ2n) is 7.65. The van der Waals surface area contributed by atoms with Crippen LogP contribution < -0.4 is 5.32 Å². The van der Waals surface area contributed by atoms with Crippen LogP contribution in [0.3, 0.4) is 0 Å². The number of nitrogens with zero attached hydrogens (tertiary/aromatic N) is 3. The third-order valence-electron chi connectivity index (χ3n) is 5.20. The fraction of sp³-hybridized carbons (Fsp3) is 0.524. The molecule has 6 nitrogen and oxygen atoms in total. The molecule has 1 saturated heterocycles. The molecule has 1 aliphatic heterocycles. The van der Waals surface area contributed by atoms with Gasteiger partial charge in [-0.2, -0.15) is 5.10 Å². The first kappa shape index (κ1) is 19.6. The molecule has 0 radical (unpaired) electrons. The molecule has 2 heterocycles. The molecule has 6 heteroatoms. The van der Waals surface area contributed by atoms with Gasteiger partial charge in [-0.05, 0) is 45.4 Å². The minimum atomic E-state index is -0.0813. The van der Waals surface area contributed by atoms with Crippen LogP contribution in [0, 0.1) is 6.92 Å². The number of hydrogen-bond acceptors (Lipinski definition) is 4. The van der Waals surface area contributed by atoms with Crippen molar-refractivity contribution < 1.29 is 9.53 Å². The summed E-state index contributed by atoms with van der Waals surface area (Å²) in [7, 11) is 1.90. The Morgan fingerprint density at radius 2 is 1.89 bits per heavy atom. The Labute approximate surface area is 161 Å². The molecule has 0 bridgehead atoms. The standard InChI is InChI=1S/C21H30N4O2/c1-14-11-25(12-15(2)27-14)13-18-6-8-19(9-7-18)21(26)23-16(3)20-10-22-24(5)17(20)4/h6-10,14-16H,11-13H2,1-5H3,(H,23,26)/t14-,15+,16-/m0/s1. The molecule has 0 spiro atoms. The Morgan fingerprint density at radius 3 is 2.44 bits per heavy atom. The molecule has 0 saturated carbocycles. The van der Waals surface area contributed by atoms with Crippen molar-refractivity contribution in [1.82, 2.24) is 20.0 Å². The third-order valence-corrected chi connectivity index (χ3v) is 5.20. The first-order valence-electron chi connectivity index (χ1n) is 9.59. The molecule has 1 aliphatic rings. The minimum Gasteiger partial charge on any atom is -0.373 e. The van der Waals surface area contributed by atoms with Crippen molar-refractivity contribution in [2.45, 2.75) is 52.5 Å². The molecule has 1 fully saturated rings. The highest BCUT2D eigenvalue weighted by molar-refractivity contribution is 5.94. The van der Waals surface area contributed by atoms with Crippen molar-refractivity contribution in [1.29, 1.82) is 0 Å². The minimum absolute atomic E-state index is 0.0640. The number of rotatable bonds is 5. The van der Waals surface area contributed by atoms with E-state index in [1.54, 1.807) is 0 Å². The number of aryl methyl sites for hydroxylation is 1. The molecular weight excluding hydrogens is 340 g/mol. The van der Waals surface area contributed by atoms with Crippen molar-refractivity contribution in [3.63, 3.8) is 0 Å². The molecule has 146 valence electrons. The Balaban J connectivity index is 1.59. The van der Waals surface area contributed by atoms with Gasteiger partial charge in [-0.3, -0.25) is 14.4 Å². The van der Waals surface area contributed by atoms with E-state index in [2.05, 4.69) is 29.2 Å². The predicted molar refractivity (Wildman–Crippen MR) is 106 cm³/mol. The highest BCUT2D eigenvalue weighted by Crippen LogP contribution is 2.18. The van der Waals surface area contributed by atoms with Crippen molar-refractivity contribution in [3.05, 3.63) is 52.8 Å². The van der Waals surface area contributed by atoms with E-state index in [9.17, 15) is 4.79 Å². The number of morpholine rings is 1. The van der Waals surface area contributed by atoms with Crippen LogP contribution in [0.1, 0.15) is 54.0 Å². The number of carbonyl (C=O) groups excluding carboxylic acids is 1. The lowest BCUT2D eigenvalue weighted by Gasteiger charge is -2.35. The Hall–Kier alpha value is -2.18. The molecule has 1 aromatic heterocycles. The zero-order valence-corrected chi connectivity index (χ0v) is 16.9. The lowest BCUT2D eigenvalue weighted by Crippen LogP contribution is -2.44. The maximum Gasteiger partial charge on any atom is 0.251 e. The van der Waals surface area contributed by atoms with Gasteiger partial charge in [0.2, 0.25) is 0 Å². The first-order chi connectivity index (χ1) is 12.8. The monoisotopic (exact) mass is 370 g/mol. The van der Waals surface area contributed by atoms with Gasteiger partial charge in [0.25, 0.3) is 5.91 Å². The quantitative estimate of drug-likeness (QED) is 0.879. The summed E-state index contributed by atoms with van der Waals surface area (Å²) < 4.78 is 7.61. The van der Waals surface area contributed by atoms with E-state index >= 15 is 0 Å². The summed E-state index contributed by atoms with van der Waals surface area (Å²) in [5.74, 6) is -0.0640. The molecular formula is C21H30N4O2. The van der Waals surface area contributed by atoms with Crippen LogP contribution in [0.4, 0.5) is 0 Å². The number of hydrogen-bond donors (Lipinski definition) is 1. The number of carbonyl (C=O) groups is 1. The van der Waals surface area contributed by atoms with E-state index in [1.165, 1.54) is 5.56 Å². The smallest absolute Gasteiger partial charge is 0.251 e. The van der Waals surface area contributed by atoms with Crippen molar-refractivity contribution in [2.24, 2.45) is 7.05 Å². The molecule has 27 heavy (non-hydrogen) atoms. The van der Waals surface area contributed by atoms with E-state index in [0.717, 1.165) is 30.9 Å². The number of benzene rings is 1. The Kier molecular flexibility index (Phi) is 5.97. The molecule has 2 aromatic rings. The fourth-order valence-corrected chi connectivity index (χ4v) is 3.73. The van der Waals surface area contributed by atoms with Crippen LogP contribution >= 0.6 is 0 Å². The average Bonchev–Trinajstić information content (AvgIpc) is 2.94. The van der Waals surface area contributed by atoms with Crippen molar-refractivity contribution in [2.75, 3.05) is 13.1 Å². The van der Waals surface area contributed by atoms with Gasteiger partial charge in [0, 0.05) is 43.5 Å². The number of amides is 1. The molecule has 1 N–H and O–H groups in total. The first-order valence-corrected chi connectivity index (χ1v) is 9.59. The van der Waals surface area contributed by atoms with Gasteiger partial charge < -0.3 is 10.1 Å². The molecule has 0 unspecified atom stereocenters. The molecule has 3 rings (SSSR count). The highest BCUT2D eigenvalue weighted by Gasteiger charge is 2.22. The van der Waals surface area contributed by atoms with Gasteiger partial charge in [-0.25, -0.2) is 0 Å². The second kappa shape index (κ2) is 8.23. The number of ether oxygens (including phenoxy) is 1. The van der Waals surface area contributed by atoms with Crippen LogP contribution in [0.15, 0.2) is 30.5 Å². The van der Waals surface area contributed by atoms with E-state index in [-0.39, 0.29) is 24.2 Å². The molecule has 1 aromatic carbocycles. The van der Waals surface area contributed by atoms with Gasteiger partial charge in [0.15, 0.2) is 0 Å². The molecule has 3 atom stereocenters. The summed E-state index contributed by atoms with van der Waals surface area (Å²) in [4.78, 5) is 15.0. The highest BCUT2D eigenvalue weighted by atomic mass is 16.5. The van der Waals surface area contributed by atoms with Crippen LogP contribution in [0.25, 0.3) is 0 Å². The van der Waals surface area contributed by atoms with Gasteiger partial charge in [-0.1, -0.05) is 12.1 Å². The van der Waals surface area contributed by atoms with Crippen LogP contribution in [0.5, 0.6) is 0 Å². The van der Waals surface area contributed by atoms with Crippen LogP contribution in [-0.2, 0) is 18.3 Å². The maximum atomic E-state index is 12.6. The largest absolute Gasteiger partial charge is 0.373 e. The Morgan fingerprint density at radius 1 is 1.26 bits per heavy atom. The lowest BCUT2D eigenvalue weighted by atomic mass is 10.1. The van der Waals surface area contributed by atoms with E-state index < -0.39 is 0 Å². The topological polar surface area (TPSA) is 59.4 Å². The summed E-state index contributed by atoms with van der Waals surface area (Å²) in [5, 5.41) is 7.31. The summed E-state index contributed by atoms with van der Waals surface area (Å²) in [6.07, 6.45) is 2.33.